The zero-order chi connectivity index (χ0) is 13.5. The van der Waals surface area contributed by atoms with Crippen molar-refractivity contribution < 1.29 is 4.39 Å². The molecule has 5 heteroatoms. The third kappa shape index (κ3) is 4.50. The Morgan fingerprint density at radius 3 is 2.89 bits per heavy atom. The number of hydrogen-bond donors (Lipinski definition) is 1. The largest absolute Gasteiger partial charge is 0.311 e. The molecule has 1 aliphatic rings. The molecule has 2 rings (SSSR count). The Morgan fingerprint density at radius 2 is 2.16 bits per heavy atom. The van der Waals surface area contributed by atoms with E-state index in [9.17, 15) is 4.39 Å². The molecular formula is C14H18FN3S. The molecule has 19 heavy (non-hydrogen) atoms. The number of nitrogens with zero attached hydrogens (tertiary/aromatic N) is 2. The van der Waals surface area contributed by atoms with Crippen LogP contribution >= 0.6 is 11.8 Å². The van der Waals surface area contributed by atoms with Crippen LogP contribution in [-0.4, -0.2) is 42.6 Å². The van der Waals surface area contributed by atoms with Crippen LogP contribution in [0, 0.1) is 17.1 Å². The molecule has 1 aliphatic heterocycles. The molecule has 0 saturated carbocycles. The molecule has 3 nitrogen and oxygen atoms in total. The maximum absolute atomic E-state index is 13.1. The zero-order valence-corrected chi connectivity index (χ0v) is 11.7. The summed E-state index contributed by atoms with van der Waals surface area (Å²) in [6.45, 7) is 4.98. The SMILES string of the molecule is N#Cc1cc(CNCCN2CCSCC2)ccc1F. The van der Waals surface area contributed by atoms with Gasteiger partial charge in [0.15, 0.2) is 0 Å². The van der Waals surface area contributed by atoms with E-state index in [0.29, 0.717) is 6.54 Å². The number of thioether (sulfide) groups is 1. The molecule has 0 aliphatic carbocycles. The van der Waals surface area contributed by atoms with Gasteiger partial charge in [-0.25, -0.2) is 4.39 Å². The predicted molar refractivity (Wildman–Crippen MR) is 76.6 cm³/mol. The lowest BCUT2D eigenvalue weighted by molar-refractivity contribution is 0.301. The van der Waals surface area contributed by atoms with E-state index in [-0.39, 0.29) is 5.56 Å². The lowest BCUT2D eigenvalue weighted by Gasteiger charge is -2.26. The van der Waals surface area contributed by atoms with E-state index >= 15 is 0 Å². The van der Waals surface area contributed by atoms with Gasteiger partial charge >= 0.3 is 0 Å². The average molecular weight is 279 g/mol. The van der Waals surface area contributed by atoms with Crippen molar-refractivity contribution in [2.75, 3.05) is 37.7 Å². The lowest BCUT2D eigenvalue weighted by Crippen LogP contribution is -2.37. The molecule has 0 aromatic heterocycles. The number of nitrogens with one attached hydrogen (secondary N) is 1. The summed E-state index contributed by atoms with van der Waals surface area (Å²) in [5.74, 6) is 2.00. The van der Waals surface area contributed by atoms with Crippen LogP contribution in [0.2, 0.25) is 0 Å². The van der Waals surface area contributed by atoms with Crippen LogP contribution in [0.3, 0.4) is 0 Å². The summed E-state index contributed by atoms with van der Waals surface area (Å²) in [4.78, 5) is 2.45. The Balaban J connectivity index is 1.72. The van der Waals surface area contributed by atoms with Crippen molar-refractivity contribution in [3.63, 3.8) is 0 Å². The van der Waals surface area contributed by atoms with E-state index in [1.54, 1.807) is 12.1 Å². The minimum absolute atomic E-state index is 0.118. The maximum atomic E-state index is 13.1. The molecule has 0 unspecified atom stereocenters. The summed E-state index contributed by atoms with van der Waals surface area (Å²) in [6.07, 6.45) is 0. The molecule has 0 bridgehead atoms. The summed E-state index contributed by atoms with van der Waals surface area (Å²) in [6, 6.07) is 6.56. The second kappa shape index (κ2) is 7.49. The van der Waals surface area contributed by atoms with Gasteiger partial charge in [0.1, 0.15) is 11.9 Å². The number of benzene rings is 1. The summed E-state index contributed by atoms with van der Waals surface area (Å²) in [5, 5.41) is 12.1. The Labute approximate surface area is 117 Å². The average Bonchev–Trinajstić information content (AvgIpc) is 2.46. The molecule has 0 amide bonds. The zero-order valence-electron chi connectivity index (χ0n) is 10.9. The predicted octanol–water partition coefficient (Wildman–Crippen LogP) is 1.84. The molecule has 0 spiro atoms. The van der Waals surface area contributed by atoms with E-state index in [4.69, 9.17) is 5.26 Å². The molecular weight excluding hydrogens is 261 g/mol. The Morgan fingerprint density at radius 1 is 1.37 bits per heavy atom. The van der Waals surface area contributed by atoms with Crippen molar-refractivity contribution in [2.45, 2.75) is 6.54 Å². The Kier molecular flexibility index (Phi) is 5.64. The van der Waals surface area contributed by atoms with Crippen LogP contribution in [0.4, 0.5) is 4.39 Å². The summed E-state index contributed by atoms with van der Waals surface area (Å²) in [7, 11) is 0. The molecule has 0 radical (unpaired) electrons. The molecule has 102 valence electrons. The van der Waals surface area contributed by atoms with Gasteiger partial charge < -0.3 is 10.2 Å². The molecule has 1 N–H and O–H groups in total. The minimum Gasteiger partial charge on any atom is -0.311 e. The van der Waals surface area contributed by atoms with Crippen molar-refractivity contribution >= 4 is 11.8 Å². The molecule has 1 saturated heterocycles. The highest BCUT2D eigenvalue weighted by Gasteiger charge is 2.09. The van der Waals surface area contributed by atoms with E-state index < -0.39 is 5.82 Å². The van der Waals surface area contributed by atoms with Crippen LogP contribution in [0.25, 0.3) is 0 Å². The van der Waals surface area contributed by atoms with Gasteiger partial charge in [-0.15, -0.1) is 0 Å². The third-order valence-corrected chi connectivity index (χ3v) is 4.13. The van der Waals surface area contributed by atoms with Crippen molar-refractivity contribution in [1.82, 2.24) is 10.2 Å². The van der Waals surface area contributed by atoms with Gasteiger partial charge in [0.05, 0.1) is 5.56 Å². The smallest absolute Gasteiger partial charge is 0.140 e. The lowest BCUT2D eigenvalue weighted by atomic mass is 10.1. The van der Waals surface area contributed by atoms with Gasteiger partial charge in [0.2, 0.25) is 0 Å². The van der Waals surface area contributed by atoms with Gasteiger partial charge in [-0.3, -0.25) is 0 Å². The van der Waals surface area contributed by atoms with E-state index in [0.717, 1.165) is 18.7 Å². The van der Waals surface area contributed by atoms with Crippen LogP contribution in [-0.2, 0) is 6.54 Å². The summed E-state index contributed by atoms with van der Waals surface area (Å²) in [5.41, 5.74) is 1.07. The van der Waals surface area contributed by atoms with Crippen LogP contribution < -0.4 is 5.32 Å². The van der Waals surface area contributed by atoms with Gasteiger partial charge in [0, 0.05) is 44.2 Å². The van der Waals surface area contributed by atoms with Crippen molar-refractivity contribution in [1.29, 1.82) is 5.26 Å². The highest BCUT2D eigenvalue weighted by Crippen LogP contribution is 2.10. The fraction of sp³-hybridized carbons (Fsp3) is 0.500. The fourth-order valence-corrected chi connectivity index (χ4v) is 3.04. The first kappa shape index (κ1) is 14.3. The molecule has 0 atom stereocenters. The highest BCUT2D eigenvalue weighted by atomic mass is 32.2. The molecule has 1 aromatic carbocycles. The number of rotatable bonds is 5. The summed E-state index contributed by atoms with van der Waals surface area (Å²) < 4.78 is 13.1. The van der Waals surface area contributed by atoms with Crippen molar-refractivity contribution in [2.24, 2.45) is 0 Å². The first-order valence-corrected chi connectivity index (χ1v) is 7.64. The highest BCUT2D eigenvalue weighted by molar-refractivity contribution is 7.99. The topological polar surface area (TPSA) is 39.1 Å². The quantitative estimate of drug-likeness (QED) is 0.835. The Hall–Kier alpha value is -1.09. The van der Waals surface area contributed by atoms with E-state index in [2.05, 4.69) is 10.2 Å². The second-order valence-corrected chi connectivity index (χ2v) is 5.78. The van der Waals surface area contributed by atoms with Crippen molar-refractivity contribution in [3.05, 3.63) is 35.1 Å². The van der Waals surface area contributed by atoms with Gasteiger partial charge in [-0.2, -0.15) is 17.0 Å². The first-order valence-electron chi connectivity index (χ1n) is 6.49. The number of hydrogen-bond acceptors (Lipinski definition) is 4. The molecule has 1 aromatic rings. The maximum Gasteiger partial charge on any atom is 0.140 e. The fourth-order valence-electron chi connectivity index (χ4n) is 2.06. The monoisotopic (exact) mass is 279 g/mol. The second-order valence-electron chi connectivity index (χ2n) is 4.56. The number of nitriles is 1. The minimum atomic E-state index is -0.447. The van der Waals surface area contributed by atoms with Crippen LogP contribution in [0.1, 0.15) is 11.1 Å². The standard InChI is InChI=1S/C14H18FN3S/c15-14-2-1-12(9-13(14)10-16)11-17-3-4-18-5-7-19-8-6-18/h1-2,9,17H,3-8,11H2. The van der Waals surface area contributed by atoms with E-state index in [1.165, 1.54) is 30.7 Å². The van der Waals surface area contributed by atoms with Gasteiger partial charge in [0.25, 0.3) is 0 Å². The Bertz CT molecular complexity index is 452. The normalized spacial score (nSPS) is 16.2. The van der Waals surface area contributed by atoms with Crippen LogP contribution in [0.5, 0.6) is 0 Å². The van der Waals surface area contributed by atoms with Crippen LogP contribution in [0.15, 0.2) is 18.2 Å². The first-order chi connectivity index (χ1) is 9.29. The van der Waals surface area contributed by atoms with Crippen molar-refractivity contribution in [3.8, 4) is 6.07 Å². The van der Waals surface area contributed by atoms with Gasteiger partial charge in [-0.1, -0.05) is 6.07 Å². The summed E-state index contributed by atoms with van der Waals surface area (Å²) >= 11 is 2.01. The third-order valence-electron chi connectivity index (χ3n) is 3.19. The molecule has 1 fully saturated rings. The number of halogens is 1. The molecule has 1 heterocycles. The van der Waals surface area contributed by atoms with E-state index in [1.807, 2.05) is 17.8 Å². The van der Waals surface area contributed by atoms with Gasteiger partial charge in [-0.05, 0) is 17.7 Å².